The van der Waals surface area contributed by atoms with Crippen LogP contribution in [-0.2, 0) is 6.42 Å². The van der Waals surface area contributed by atoms with Gasteiger partial charge in [0.05, 0.1) is 16.5 Å². The Morgan fingerprint density at radius 2 is 1.73 bits per heavy atom. The molecule has 4 rings (SSSR count). The SMILES string of the molecule is O=c1c2ccccc2c(=O)n2n1-c1ccc(F)cc1CC2O. The second-order valence-electron chi connectivity index (χ2n) is 5.27. The monoisotopic (exact) mass is 298 g/mol. The molecule has 22 heavy (non-hydrogen) atoms. The average molecular weight is 298 g/mol. The molecule has 1 aromatic heterocycles. The zero-order valence-electron chi connectivity index (χ0n) is 11.4. The van der Waals surface area contributed by atoms with Gasteiger partial charge in [-0.1, -0.05) is 12.1 Å². The zero-order valence-corrected chi connectivity index (χ0v) is 11.4. The molecule has 2 aromatic carbocycles. The standard InChI is InChI=1S/C16H11FN2O3/c17-10-5-6-13-9(7-10)8-14(20)19-16(22)12-4-2-1-3-11(12)15(21)18(13)19/h1-7,14,20H,8H2. The highest BCUT2D eigenvalue weighted by Gasteiger charge is 2.26. The fraction of sp³-hybridized carbons (Fsp3) is 0.125. The van der Waals surface area contributed by atoms with Gasteiger partial charge in [-0.05, 0) is 35.9 Å². The van der Waals surface area contributed by atoms with Crippen LogP contribution in [0.2, 0.25) is 0 Å². The minimum absolute atomic E-state index is 0.0742. The van der Waals surface area contributed by atoms with Gasteiger partial charge in [0.15, 0.2) is 6.23 Å². The molecule has 1 N–H and O–H groups in total. The summed E-state index contributed by atoms with van der Waals surface area (Å²) < 4.78 is 15.6. The molecule has 0 bridgehead atoms. The third-order valence-electron chi connectivity index (χ3n) is 3.96. The van der Waals surface area contributed by atoms with Crippen LogP contribution < -0.4 is 11.1 Å². The molecule has 0 amide bonds. The molecule has 0 saturated carbocycles. The maximum Gasteiger partial charge on any atom is 0.278 e. The van der Waals surface area contributed by atoms with Crippen LogP contribution in [0.4, 0.5) is 4.39 Å². The highest BCUT2D eigenvalue weighted by atomic mass is 19.1. The number of benzene rings is 2. The van der Waals surface area contributed by atoms with Crippen LogP contribution in [0.1, 0.15) is 11.8 Å². The van der Waals surface area contributed by atoms with Crippen molar-refractivity contribution in [1.82, 2.24) is 9.36 Å². The lowest BCUT2D eigenvalue weighted by atomic mass is 10.1. The minimum Gasteiger partial charge on any atom is -0.371 e. The first-order chi connectivity index (χ1) is 10.6. The quantitative estimate of drug-likeness (QED) is 0.681. The van der Waals surface area contributed by atoms with Gasteiger partial charge in [0, 0.05) is 6.42 Å². The highest BCUT2D eigenvalue weighted by Crippen LogP contribution is 2.25. The predicted octanol–water partition coefficient (Wildman–Crippen LogP) is 1.34. The van der Waals surface area contributed by atoms with Gasteiger partial charge >= 0.3 is 0 Å². The van der Waals surface area contributed by atoms with Gasteiger partial charge < -0.3 is 5.11 Å². The Bertz CT molecular complexity index is 1040. The van der Waals surface area contributed by atoms with Crippen LogP contribution in [0.25, 0.3) is 16.5 Å². The first-order valence-corrected chi connectivity index (χ1v) is 6.81. The van der Waals surface area contributed by atoms with E-state index in [9.17, 15) is 19.1 Å². The number of hydrogen-bond acceptors (Lipinski definition) is 3. The maximum atomic E-state index is 13.4. The second kappa shape index (κ2) is 4.38. The lowest BCUT2D eigenvalue weighted by molar-refractivity contribution is 0.0704. The summed E-state index contributed by atoms with van der Waals surface area (Å²) in [7, 11) is 0. The van der Waals surface area contributed by atoms with Crippen LogP contribution >= 0.6 is 0 Å². The number of halogens is 1. The van der Waals surface area contributed by atoms with E-state index in [-0.39, 0.29) is 17.2 Å². The summed E-state index contributed by atoms with van der Waals surface area (Å²) in [6, 6.07) is 10.4. The Labute approximate surface area is 123 Å². The Morgan fingerprint density at radius 3 is 2.45 bits per heavy atom. The Balaban J connectivity index is 2.23. The molecular formula is C16H11FN2O3. The fourth-order valence-electron chi connectivity index (χ4n) is 2.98. The molecule has 2 heterocycles. The van der Waals surface area contributed by atoms with E-state index in [4.69, 9.17) is 0 Å². The predicted molar refractivity (Wildman–Crippen MR) is 78.7 cm³/mol. The number of aliphatic hydroxyl groups is 1. The van der Waals surface area contributed by atoms with E-state index in [2.05, 4.69) is 0 Å². The molecule has 6 heteroatoms. The fourth-order valence-corrected chi connectivity index (χ4v) is 2.98. The van der Waals surface area contributed by atoms with Crippen LogP contribution in [0.5, 0.6) is 0 Å². The van der Waals surface area contributed by atoms with E-state index in [0.29, 0.717) is 11.3 Å². The molecule has 1 atom stereocenters. The first-order valence-electron chi connectivity index (χ1n) is 6.81. The largest absolute Gasteiger partial charge is 0.371 e. The van der Waals surface area contributed by atoms with Crippen molar-refractivity contribution in [1.29, 1.82) is 0 Å². The molecule has 1 aliphatic heterocycles. The summed E-state index contributed by atoms with van der Waals surface area (Å²) in [4.78, 5) is 25.3. The molecule has 0 saturated heterocycles. The minimum atomic E-state index is -1.21. The van der Waals surface area contributed by atoms with Gasteiger partial charge in [-0.15, -0.1) is 0 Å². The third-order valence-corrected chi connectivity index (χ3v) is 3.96. The number of nitrogens with zero attached hydrogens (tertiary/aromatic N) is 2. The number of aromatic nitrogens is 2. The molecule has 110 valence electrons. The first kappa shape index (κ1) is 13.0. The lowest BCUT2D eigenvalue weighted by Crippen LogP contribution is -2.43. The highest BCUT2D eigenvalue weighted by molar-refractivity contribution is 5.80. The molecule has 0 radical (unpaired) electrons. The summed E-state index contributed by atoms with van der Waals surface area (Å²) >= 11 is 0. The van der Waals surface area contributed by atoms with Gasteiger partial charge in [0.2, 0.25) is 0 Å². The Morgan fingerprint density at radius 1 is 1.05 bits per heavy atom. The smallest absolute Gasteiger partial charge is 0.278 e. The van der Waals surface area contributed by atoms with Gasteiger partial charge in [0.1, 0.15) is 5.82 Å². The van der Waals surface area contributed by atoms with Crippen LogP contribution in [-0.4, -0.2) is 14.5 Å². The van der Waals surface area contributed by atoms with Crippen LogP contribution in [0, 0.1) is 5.82 Å². The average Bonchev–Trinajstić information content (AvgIpc) is 2.51. The number of fused-ring (bicyclic) bond motifs is 4. The van der Waals surface area contributed by atoms with Crippen molar-refractivity contribution in [3.63, 3.8) is 0 Å². The number of aliphatic hydroxyl groups excluding tert-OH is 1. The summed E-state index contributed by atoms with van der Waals surface area (Å²) in [6.45, 7) is 0. The number of hydrogen-bond donors (Lipinski definition) is 1. The molecule has 1 aliphatic rings. The van der Waals surface area contributed by atoms with Crippen molar-refractivity contribution in [3.05, 3.63) is 74.6 Å². The van der Waals surface area contributed by atoms with Crippen LogP contribution in [0.3, 0.4) is 0 Å². The molecular weight excluding hydrogens is 287 g/mol. The maximum absolute atomic E-state index is 13.4. The molecule has 0 aliphatic carbocycles. The van der Waals surface area contributed by atoms with Gasteiger partial charge in [0.25, 0.3) is 11.1 Å². The van der Waals surface area contributed by atoms with Crippen molar-refractivity contribution in [2.75, 3.05) is 0 Å². The van der Waals surface area contributed by atoms with Gasteiger partial charge in [-0.25, -0.2) is 13.8 Å². The van der Waals surface area contributed by atoms with Crippen molar-refractivity contribution in [3.8, 4) is 5.69 Å². The second-order valence-corrected chi connectivity index (χ2v) is 5.27. The van der Waals surface area contributed by atoms with Crippen LogP contribution in [0.15, 0.2) is 52.1 Å². The van der Waals surface area contributed by atoms with E-state index in [1.54, 1.807) is 24.3 Å². The van der Waals surface area contributed by atoms with E-state index in [1.165, 1.54) is 18.2 Å². The lowest BCUT2D eigenvalue weighted by Gasteiger charge is -2.27. The van der Waals surface area contributed by atoms with E-state index < -0.39 is 23.2 Å². The van der Waals surface area contributed by atoms with E-state index >= 15 is 0 Å². The third kappa shape index (κ3) is 1.61. The summed E-state index contributed by atoms with van der Waals surface area (Å²) in [6.07, 6.45) is -1.13. The molecule has 0 fully saturated rings. The number of rotatable bonds is 0. The van der Waals surface area contributed by atoms with Gasteiger partial charge in [-0.3, -0.25) is 9.59 Å². The summed E-state index contributed by atoms with van der Waals surface area (Å²) in [5.74, 6) is -0.449. The Hall–Kier alpha value is -2.73. The molecule has 0 spiro atoms. The van der Waals surface area contributed by atoms with Gasteiger partial charge in [-0.2, -0.15) is 0 Å². The van der Waals surface area contributed by atoms with Crippen molar-refractivity contribution < 1.29 is 9.50 Å². The van der Waals surface area contributed by atoms with Crippen molar-refractivity contribution in [2.45, 2.75) is 12.6 Å². The van der Waals surface area contributed by atoms with E-state index in [1.807, 2.05) is 0 Å². The van der Waals surface area contributed by atoms with E-state index in [0.717, 1.165) is 9.36 Å². The van der Waals surface area contributed by atoms with Crippen molar-refractivity contribution >= 4 is 10.8 Å². The molecule has 3 aromatic rings. The summed E-state index contributed by atoms with van der Waals surface area (Å²) in [5, 5.41) is 10.8. The summed E-state index contributed by atoms with van der Waals surface area (Å²) in [5.41, 5.74) is 0.0447. The molecule has 1 unspecified atom stereocenters. The van der Waals surface area contributed by atoms with Crippen molar-refractivity contribution in [2.24, 2.45) is 0 Å². The topological polar surface area (TPSA) is 64.2 Å². The normalized spacial score (nSPS) is 16.4. The Kier molecular flexibility index (Phi) is 2.58. The molecule has 5 nitrogen and oxygen atoms in total. The zero-order chi connectivity index (χ0) is 15.4.